The van der Waals surface area contributed by atoms with Gasteiger partial charge in [-0.3, -0.25) is 0 Å². The van der Waals surface area contributed by atoms with E-state index in [4.69, 9.17) is 0 Å². The quantitative estimate of drug-likeness (QED) is 0.327. The van der Waals surface area contributed by atoms with Crippen LogP contribution < -0.4 is 5.32 Å². The Morgan fingerprint density at radius 1 is 0.579 bits per heavy atom. The monoisotopic (exact) mass is 268 g/mol. The summed E-state index contributed by atoms with van der Waals surface area (Å²) in [7, 11) is 0. The third kappa shape index (κ3) is 18.0. The third-order valence-electron chi connectivity index (χ3n) is 3.80. The van der Waals surface area contributed by atoms with Crippen LogP contribution in [0.5, 0.6) is 0 Å². The second-order valence-corrected chi connectivity index (χ2v) is 5.79. The van der Waals surface area contributed by atoms with Gasteiger partial charge in [-0.1, -0.05) is 97.3 Å². The Balaban J connectivity index is 2.88. The van der Waals surface area contributed by atoms with Crippen molar-refractivity contribution in [3.8, 4) is 0 Å². The highest BCUT2D eigenvalue weighted by Crippen LogP contribution is 2.12. The lowest BCUT2D eigenvalue weighted by atomic mass is 10.0. The Morgan fingerprint density at radius 3 is 1.42 bits per heavy atom. The van der Waals surface area contributed by atoms with Crippen molar-refractivity contribution in [2.75, 3.05) is 6.54 Å². The summed E-state index contributed by atoms with van der Waals surface area (Å²) in [6.07, 6.45) is 20.0. The molecule has 0 unspecified atom stereocenters. The van der Waals surface area contributed by atoms with Crippen LogP contribution in [-0.4, -0.2) is 6.54 Å². The first-order chi connectivity index (χ1) is 9.41. The molecule has 0 bridgehead atoms. The predicted octanol–water partition coefficient (Wildman–Crippen LogP) is 6.24. The van der Waals surface area contributed by atoms with E-state index in [0.29, 0.717) is 0 Å². The fourth-order valence-corrected chi connectivity index (χ4v) is 2.51. The summed E-state index contributed by atoms with van der Waals surface area (Å²) in [6.45, 7) is 7.73. The first-order valence-corrected chi connectivity index (χ1v) is 8.96. The van der Waals surface area contributed by atoms with Gasteiger partial charge < -0.3 is 5.32 Å². The molecule has 1 heteroatoms. The van der Waals surface area contributed by atoms with Crippen LogP contribution in [0.3, 0.4) is 0 Å². The Bertz CT molecular complexity index is 129. The molecule has 0 aliphatic carbocycles. The van der Waals surface area contributed by atoms with Gasteiger partial charge in [-0.25, -0.2) is 0 Å². The van der Waals surface area contributed by atoms with Gasteiger partial charge in [-0.05, 0) is 13.0 Å². The molecule has 115 valence electrons. The van der Waals surface area contributed by atoms with E-state index in [1.54, 1.807) is 0 Å². The van der Waals surface area contributed by atoms with Gasteiger partial charge in [-0.2, -0.15) is 0 Å². The maximum atomic E-state index is 3.27. The first kappa shape index (κ1) is 19.0. The van der Waals surface area contributed by atoms with Gasteiger partial charge in [-0.15, -0.1) is 0 Å². The Kier molecular flexibility index (Phi) is 17.9. The van der Waals surface area contributed by atoms with Crippen LogP contribution >= 0.6 is 0 Å². The molecular formula is C18H38N. The van der Waals surface area contributed by atoms with Crippen molar-refractivity contribution in [1.29, 1.82) is 0 Å². The highest BCUT2D eigenvalue weighted by molar-refractivity contribution is 4.59. The minimum atomic E-state index is 1.07. The molecule has 0 saturated carbocycles. The standard InChI is InChI=1S/C18H38N/c1-3-5-6-7-8-9-10-11-12-13-14-15-16-17-18-19-4-2/h18-19H,3-17H2,1-2H3. The molecule has 0 fully saturated rings. The van der Waals surface area contributed by atoms with Gasteiger partial charge in [0.2, 0.25) is 0 Å². The molecule has 0 atom stereocenters. The second kappa shape index (κ2) is 18.0. The molecule has 0 aliphatic heterocycles. The van der Waals surface area contributed by atoms with E-state index < -0.39 is 0 Å². The van der Waals surface area contributed by atoms with Crippen LogP contribution in [0.2, 0.25) is 0 Å². The van der Waals surface area contributed by atoms with Gasteiger partial charge in [0.25, 0.3) is 0 Å². The molecule has 1 nitrogen and oxygen atoms in total. The summed E-state index contributed by atoms with van der Waals surface area (Å²) in [6, 6.07) is 0. The zero-order valence-electron chi connectivity index (χ0n) is 13.7. The minimum absolute atomic E-state index is 1.07. The molecule has 0 saturated heterocycles. The summed E-state index contributed by atoms with van der Waals surface area (Å²) in [5, 5.41) is 3.27. The van der Waals surface area contributed by atoms with Crippen molar-refractivity contribution in [3.63, 3.8) is 0 Å². The molecule has 0 amide bonds. The maximum absolute atomic E-state index is 3.27. The van der Waals surface area contributed by atoms with E-state index in [2.05, 4.69) is 25.7 Å². The summed E-state index contributed by atoms with van der Waals surface area (Å²) in [4.78, 5) is 0. The van der Waals surface area contributed by atoms with Crippen molar-refractivity contribution >= 4 is 0 Å². The smallest absolute Gasteiger partial charge is 0.0221 e. The van der Waals surface area contributed by atoms with E-state index in [0.717, 1.165) is 6.54 Å². The van der Waals surface area contributed by atoms with E-state index in [9.17, 15) is 0 Å². The molecule has 0 rings (SSSR count). The zero-order valence-corrected chi connectivity index (χ0v) is 13.7. The molecule has 19 heavy (non-hydrogen) atoms. The second-order valence-electron chi connectivity index (χ2n) is 5.79. The van der Waals surface area contributed by atoms with Gasteiger partial charge >= 0.3 is 0 Å². The topological polar surface area (TPSA) is 12.0 Å². The molecule has 1 radical (unpaired) electrons. The number of unbranched alkanes of at least 4 members (excludes halogenated alkanes) is 13. The van der Waals surface area contributed by atoms with E-state index in [-0.39, 0.29) is 0 Å². The fourth-order valence-electron chi connectivity index (χ4n) is 2.51. The molecule has 0 aliphatic rings. The zero-order chi connectivity index (χ0) is 14.0. The lowest BCUT2D eigenvalue weighted by Crippen LogP contribution is -2.07. The summed E-state index contributed by atoms with van der Waals surface area (Å²) < 4.78 is 0. The van der Waals surface area contributed by atoms with Crippen LogP contribution in [0.1, 0.15) is 104 Å². The van der Waals surface area contributed by atoms with Crippen LogP contribution in [-0.2, 0) is 0 Å². The average Bonchev–Trinajstić information content (AvgIpc) is 2.43. The largest absolute Gasteiger partial charge is 0.313 e. The molecule has 0 aromatic rings. The summed E-state index contributed by atoms with van der Waals surface area (Å²) in [5.74, 6) is 0. The van der Waals surface area contributed by atoms with Crippen LogP contribution in [0.15, 0.2) is 0 Å². The maximum Gasteiger partial charge on any atom is 0.0221 e. The molecule has 0 spiro atoms. The fraction of sp³-hybridized carbons (Fsp3) is 0.944. The molecule has 0 heterocycles. The Hall–Kier alpha value is -0.0400. The Labute approximate surface area is 122 Å². The normalized spacial score (nSPS) is 11.1. The SMILES string of the molecule is CCCCCCCCCCCCCCC[CH]NCC. The highest BCUT2D eigenvalue weighted by Gasteiger charge is 1.93. The number of rotatable bonds is 16. The van der Waals surface area contributed by atoms with Crippen molar-refractivity contribution in [3.05, 3.63) is 6.54 Å². The third-order valence-corrected chi connectivity index (χ3v) is 3.80. The molecular weight excluding hydrogens is 230 g/mol. The van der Waals surface area contributed by atoms with E-state index in [1.807, 2.05) is 0 Å². The van der Waals surface area contributed by atoms with Crippen LogP contribution in [0.4, 0.5) is 0 Å². The highest BCUT2D eigenvalue weighted by atomic mass is 14.8. The van der Waals surface area contributed by atoms with E-state index in [1.165, 1.54) is 89.9 Å². The molecule has 0 aromatic heterocycles. The van der Waals surface area contributed by atoms with Crippen LogP contribution in [0, 0.1) is 6.54 Å². The minimum Gasteiger partial charge on any atom is -0.313 e. The number of hydrogen-bond acceptors (Lipinski definition) is 1. The summed E-state index contributed by atoms with van der Waals surface area (Å²) in [5.41, 5.74) is 0. The van der Waals surface area contributed by atoms with Gasteiger partial charge in [0.05, 0.1) is 0 Å². The lowest BCUT2D eigenvalue weighted by Gasteiger charge is -2.03. The lowest BCUT2D eigenvalue weighted by molar-refractivity contribution is 0.537. The average molecular weight is 269 g/mol. The van der Waals surface area contributed by atoms with Gasteiger partial charge in [0.15, 0.2) is 0 Å². The molecule has 0 aromatic carbocycles. The molecule has 1 N–H and O–H groups in total. The van der Waals surface area contributed by atoms with Gasteiger partial charge in [0, 0.05) is 6.54 Å². The van der Waals surface area contributed by atoms with Crippen LogP contribution in [0.25, 0.3) is 0 Å². The summed E-state index contributed by atoms with van der Waals surface area (Å²) >= 11 is 0. The predicted molar refractivity (Wildman–Crippen MR) is 88.3 cm³/mol. The van der Waals surface area contributed by atoms with E-state index >= 15 is 0 Å². The van der Waals surface area contributed by atoms with Crippen molar-refractivity contribution in [1.82, 2.24) is 5.32 Å². The number of nitrogens with one attached hydrogen (secondary N) is 1. The van der Waals surface area contributed by atoms with Crippen molar-refractivity contribution in [2.45, 2.75) is 104 Å². The van der Waals surface area contributed by atoms with Crippen molar-refractivity contribution in [2.24, 2.45) is 0 Å². The number of hydrogen-bond donors (Lipinski definition) is 1. The first-order valence-electron chi connectivity index (χ1n) is 8.96. The Morgan fingerprint density at radius 2 is 1.00 bits per heavy atom. The van der Waals surface area contributed by atoms with Gasteiger partial charge in [0.1, 0.15) is 0 Å². The van der Waals surface area contributed by atoms with Crippen molar-refractivity contribution < 1.29 is 0 Å².